The number of halogens is 1. The summed E-state index contributed by atoms with van der Waals surface area (Å²) in [7, 11) is 3.26. The van der Waals surface area contributed by atoms with Gasteiger partial charge in [-0.1, -0.05) is 92.2 Å². The molecule has 0 bridgehead atoms. The van der Waals surface area contributed by atoms with E-state index in [9.17, 15) is 34.1 Å². The Morgan fingerprint density at radius 2 is 0.752 bits per heavy atom. The van der Waals surface area contributed by atoms with Gasteiger partial charge in [-0.2, -0.15) is 0 Å². The molecule has 9 aromatic carbocycles. The van der Waals surface area contributed by atoms with E-state index in [1.54, 1.807) is 30.9 Å². The van der Waals surface area contributed by atoms with Crippen LogP contribution in [0.1, 0.15) is 132 Å². The van der Waals surface area contributed by atoms with Gasteiger partial charge in [0.25, 0.3) is 0 Å². The molecular weight excluding hydrogens is 1380 g/mol. The first-order valence-corrected chi connectivity index (χ1v) is 37.9. The number of aromatic carboxylic acids is 3. The van der Waals surface area contributed by atoms with Gasteiger partial charge in [-0.3, -0.25) is 0 Å². The van der Waals surface area contributed by atoms with Crippen LogP contribution in [0.3, 0.4) is 0 Å². The van der Waals surface area contributed by atoms with Crippen molar-refractivity contribution >= 4 is 50.6 Å². The summed E-state index contributed by atoms with van der Waals surface area (Å²) in [5, 5.41) is 33.8. The Hall–Kier alpha value is -11.5. The highest BCUT2D eigenvalue weighted by atomic mass is 19.1. The molecule has 0 unspecified atom stereocenters. The molecule has 18 heteroatoms. The van der Waals surface area contributed by atoms with E-state index in [1.807, 2.05) is 192 Å². The minimum absolute atomic E-state index is 0.199. The first-order chi connectivity index (χ1) is 53.2. The highest BCUT2D eigenvalue weighted by Gasteiger charge is 2.30. The number of carbonyl (C=O) groups is 3. The van der Waals surface area contributed by atoms with Gasteiger partial charge in [0.1, 0.15) is 63.1 Å². The third-order valence-corrected chi connectivity index (χ3v) is 20.4. The Bertz CT molecular complexity index is 5180. The summed E-state index contributed by atoms with van der Waals surface area (Å²) in [4.78, 5) is 38.1. The maximum atomic E-state index is 13.5. The fourth-order valence-electron chi connectivity index (χ4n) is 13.8. The molecule has 0 atom stereocenters. The van der Waals surface area contributed by atoms with Crippen LogP contribution in [-0.4, -0.2) is 101 Å². The van der Waals surface area contributed by atoms with Crippen LogP contribution in [0.5, 0.6) is 40.2 Å². The highest BCUT2D eigenvalue weighted by molar-refractivity contribution is 6.11. The number of hydrogen-bond donors (Lipinski definition) is 3. The molecule has 109 heavy (non-hydrogen) atoms. The number of ether oxygens (including phenoxy) is 8. The zero-order valence-corrected chi connectivity index (χ0v) is 62.1. The summed E-state index contributed by atoms with van der Waals surface area (Å²) in [5.74, 6) is 4.68. The van der Waals surface area contributed by atoms with Crippen LogP contribution in [0.2, 0.25) is 0 Å². The van der Waals surface area contributed by atoms with Crippen LogP contribution >= 0.6 is 0 Å². The summed E-state index contributed by atoms with van der Waals surface area (Å²) in [5.41, 5.74) is 11.4. The number of fused-ring (bicyclic) bond motifs is 3. The number of carboxylic acids is 3. The monoisotopic (exact) mass is 1470 g/mol. The molecule has 4 fully saturated rings. The third kappa shape index (κ3) is 18.4. The summed E-state index contributed by atoms with van der Waals surface area (Å²) >= 11 is 0. The molecule has 4 aliphatic carbocycles. The second-order valence-electron chi connectivity index (χ2n) is 28.8. The van der Waals surface area contributed by atoms with Crippen molar-refractivity contribution in [3.63, 3.8) is 0 Å². The van der Waals surface area contributed by atoms with Gasteiger partial charge in [0.05, 0.1) is 53.9 Å². The number of benzene rings is 9. The van der Waals surface area contributed by atoms with E-state index >= 15 is 0 Å². The average Bonchev–Trinajstić information content (AvgIpc) is 1.60. The fourth-order valence-corrected chi connectivity index (χ4v) is 13.8. The lowest BCUT2D eigenvalue weighted by atomic mass is 10.0. The molecule has 3 heterocycles. The Balaban J connectivity index is 0.000000137. The van der Waals surface area contributed by atoms with E-state index in [4.69, 9.17) is 37.9 Å². The first-order valence-electron chi connectivity index (χ1n) is 37.9. The average molecular weight is 1470 g/mol. The van der Waals surface area contributed by atoms with Gasteiger partial charge in [0, 0.05) is 75.6 Å². The van der Waals surface area contributed by atoms with Crippen molar-refractivity contribution in [3.8, 4) is 73.6 Å². The lowest BCUT2D eigenvalue weighted by Gasteiger charge is -2.11. The maximum Gasteiger partial charge on any atom is 0.353 e. The predicted molar refractivity (Wildman–Crippen MR) is 421 cm³/mol. The van der Waals surface area contributed by atoms with Gasteiger partial charge in [-0.15, -0.1) is 0 Å². The molecule has 0 amide bonds. The van der Waals surface area contributed by atoms with Crippen LogP contribution in [-0.2, 0) is 31.0 Å². The normalized spacial score (nSPS) is 13.8. The van der Waals surface area contributed by atoms with Crippen LogP contribution < -0.4 is 33.2 Å². The van der Waals surface area contributed by atoms with Crippen molar-refractivity contribution in [2.24, 2.45) is 23.7 Å². The van der Waals surface area contributed by atoms with Crippen molar-refractivity contribution in [1.82, 2.24) is 13.7 Å². The number of unbranched alkanes of at least 4 members (excludes halogenated alkanes) is 1. The topological polar surface area (TPSA) is 201 Å². The zero-order chi connectivity index (χ0) is 75.5. The fraction of sp³-hybridized carbons (Fsp3) is 0.308. The van der Waals surface area contributed by atoms with Crippen molar-refractivity contribution < 1.29 is 72.0 Å². The Morgan fingerprint density at radius 1 is 0.385 bits per heavy atom. The van der Waals surface area contributed by atoms with Crippen molar-refractivity contribution in [3.05, 3.63) is 245 Å². The van der Waals surface area contributed by atoms with Crippen LogP contribution in [0.25, 0.3) is 66.1 Å². The van der Waals surface area contributed by atoms with Gasteiger partial charge in [0.2, 0.25) is 0 Å². The first kappa shape index (κ1) is 74.4. The van der Waals surface area contributed by atoms with Gasteiger partial charge in [-0.05, 0) is 249 Å². The van der Waals surface area contributed by atoms with Crippen LogP contribution in [0.15, 0.2) is 200 Å². The number of nitrogens with zero attached hydrogens (tertiary/aromatic N) is 3. The molecule has 562 valence electrons. The van der Waals surface area contributed by atoms with Gasteiger partial charge in [0.15, 0.2) is 0 Å². The van der Waals surface area contributed by atoms with E-state index in [1.165, 1.54) is 63.5 Å². The Morgan fingerprint density at radius 3 is 1.16 bits per heavy atom. The quantitative estimate of drug-likeness (QED) is 0.0328. The summed E-state index contributed by atoms with van der Waals surface area (Å²) in [6.45, 7) is 9.76. The summed E-state index contributed by atoms with van der Waals surface area (Å²) in [6.07, 6.45) is 11.8. The molecule has 3 N–H and O–H groups in total. The maximum absolute atomic E-state index is 13.5. The van der Waals surface area contributed by atoms with E-state index in [0.29, 0.717) is 86.4 Å². The lowest BCUT2D eigenvalue weighted by molar-refractivity contribution is 0.0676. The van der Waals surface area contributed by atoms with Crippen molar-refractivity contribution in [2.75, 3.05) is 53.9 Å². The van der Waals surface area contributed by atoms with E-state index in [-0.39, 0.29) is 22.9 Å². The molecule has 3 aromatic heterocycles. The SMILES string of the molecule is CCCCOc1ccc2c(c1)c(-c1ccc(OCC3CC3)cc1)c(C(=O)O)n2Cc1cccc(OC)c1.CCOc1ccc(-c2c(C(=O)O)n(Cc3ccc(F)cc3)c3ccc(COCC4CC4)cc23)cc1.COc1cccc(Cn2c(C(=O)O)c(-c3ccc(OCC4CC4)cc3)c3cc(OCC4CC4)ccc32)c1. The Labute approximate surface area is 633 Å². The van der Waals surface area contributed by atoms with Gasteiger partial charge in [-0.25, -0.2) is 18.8 Å². The number of methoxy groups -OCH3 is 2. The smallest absolute Gasteiger partial charge is 0.353 e. The van der Waals surface area contributed by atoms with Gasteiger partial charge >= 0.3 is 17.9 Å². The Kier molecular flexibility index (Phi) is 23.3. The molecule has 0 radical (unpaired) electrons. The van der Waals surface area contributed by atoms with Crippen LogP contribution in [0, 0.1) is 29.5 Å². The van der Waals surface area contributed by atoms with E-state index in [0.717, 1.165) is 145 Å². The van der Waals surface area contributed by atoms with E-state index < -0.39 is 17.9 Å². The standard InChI is InChI=1S/C31H31NO5.C31H33NO5.C29H28FNO4/c1-35-25-4-2-3-22(15-25)17-32-28-14-13-26(37-19-21-7-8-21)16-27(28)29(30(32)31(33)34)23-9-11-24(12-10-23)36-18-20-5-6-20;1-3-4-16-36-26-14-15-28-27(18-26)29(23-10-12-24(13-11-23)37-20-21-8-9-21)30(31(33)34)32(28)19-22-6-5-7-25(17-22)35-2;1-2-35-24-12-8-22(9-13-24)27-25-15-21(18-34-17-20-3-4-20)7-14-26(25)31(28(27)29(32)33)16-19-5-10-23(30)11-6-19/h2-4,9-16,20-21H,5-8,17-19H2,1H3,(H,33,34);5-7,10-15,17-18,21H,3-4,8-9,16,19-20H2,1-2H3,(H,33,34);5-15,20H,2-4,16-18H2,1H3,(H,32,33). The van der Waals surface area contributed by atoms with Crippen molar-refractivity contribution in [2.45, 2.75) is 104 Å². The summed E-state index contributed by atoms with van der Waals surface area (Å²) < 4.78 is 65.2. The largest absolute Gasteiger partial charge is 0.497 e. The minimum Gasteiger partial charge on any atom is -0.497 e. The molecule has 17 nitrogen and oxygen atoms in total. The highest BCUT2D eigenvalue weighted by Crippen LogP contribution is 2.43. The zero-order valence-electron chi connectivity index (χ0n) is 62.1. The molecule has 0 saturated heterocycles. The second kappa shape index (κ2) is 34.2. The number of carboxylic acid groups (broad SMARTS) is 3. The summed E-state index contributed by atoms with van der Waals surface area (Å²) in [6, 6.07) is 62.4. The third-order valence-electron chi connectivity index (χ3n) is 20.4. The molecule has 12 aromatic rings. The van der Waals surface area contributed by atoms with E-state index in [2.05, 4.69) is 6.92 Å². The molecular formula is C91H92FN3O14. The van der Waals surface area contributed by atoms with Gasteiger partial charge < -0.3 is 66.9 Å². The number of rotatable bonds is 33. The number of hydrogen-bond acceptors (Lipinski definition) is 11. The molecule has 4 aliphatic rings. The number of aromatic nitrogens is 3. The van der Waals surface area contributed by atoms with Crippen LogP contribution in [0.4, 0.5) is 4.39 Å². The molecule has 4 saturated carbocycles. The lowest BCUT2D eigenvalue weighted by Crippen LogP contribution is -2.10. The minimum atomic E-state index is -1.02. The molecule has 0 spiro atoms. The second-order valence-corrected chi connectivity index (χ2v) is 28.8. The molecule has 0 aliphatic heterocycles. The van der Waals surface area contributed by atoms with Crippen molar-refractivity contribution in [1.29, 1.82) is 0 Å². The predicted octanol–water partition coefficient (Wildman–Crippen LogP) is 20.2. The molecule has 16 rings (SSSR count).